The van der Waals surface area contributed by atoms with Crippen molar-refractivity contribution in [1.29, 1.82) is 0 Å². The van der Waals surface area contributed by atoms with Gasteiger partial charge in [-0.15, -0.1) is 0 Å². The SMILES string of the molecule is CC(=O)c1cc(N=Nc2ccccc2CCC(=O)OCC(=O)C2(O)CCC3C4CCC5=CC(=O)C=CC5(C)C4C(O)CC32C)ccc1C. The molecule has 0 bridgehead atoms. The summed E-state index contributed by atoms with van der Waals surface area (Å²) in [5.74, 6) is -1.18. The van der Waals surface area contributed by atoms with E-state index < -0.39 is 40.9 Å². The van der Waals surface area contributed by atoms with Crippen LogP contribution in [0, 0.1) is 35.5 Å². The van der Waals surface area contributed by atoms with Gasteiger partial charge in [-0.1, -0.05) is 49.8 Å². The average molecular weight is 653 g/mol. The minimum atomic E-state index is -1.72. The van der Waals surface area contributed by atoms with Gasteiger partial charge in [0.15, 0.2) is 18.2 Å². The van der Waals surface area contributed by atoms with Gasteiger partial charge in [0.05, 0.1) is 17.5 Å². The van der Waals surface area contributed by atoms with Gasteiger partial charge in [0.25, 0.3) is 0 Å². The normalized spacial score (nSPS) is 32.3. The van der Waals surface area contributed by atoms with Crippen LogP contribution in [0.15, 0.2) is 76.5 Å². The smallest absolute Gasteiger partial charge is 0.306 e. The van der Waals surface area contributed by atoms with Crippen molar-refractivity contribution in [2.75, 3.05) is 6.61 Å². The van der Waals surface area contributed by atoms with Crippen LogP contribution in [0.2, 0.25) is 0 Å². The number of fused-ring (bicyclic) bond motifs is 5. The number of carbonyl (C=O) groups is 4. The fraction of sp³-hybridized carbons (Fsp3) is 0.487. The number of rotatable bonds is 9. The molecule has 3 saturated carbocycles. The van der Waals surface area contributed by atoms with Crippen LogP contribution in [0.3, 0.4) is 0 Å². The third-order valence-corrected chi connectivity index (χ3v) is 11.9. The van der Waals surface area contributed by atoms with Gasteiger partial charge in [-0.25, -0.2) is 0 Å². The Morgan fingerprint density at radius 2 is 1.83 bits per heavy atom. The summed E-state index contributed by atoms with van der Waals surface area (Å²) in [5.41, 5.74) is 1.38. The first-order valence-corrected chi connectivity index (χ1v) is 16.9. The lowest BCUT2D eigenvalue weighted by molar-refractivity contribution is -0.181. The highest BCUT2D eigenvalue weighted by atomic mass is 16.5. The molecule has 2 N–H and O–H groups in total. The van der Waals surface area contributed by atoms with E-state index in [0.29, 0.717) is 29.8 Å². The molecular formula is C39H44N2O7. The van der Waals surface area contributed by atoms with Crippen LogP contribution >= 0.6 is 0 Å². The number of allylic oxidation sites excluding steroid dienone is 4. The Morgan fingerprint density at radius 3 is 2.60 bits per heavy atom. The van der Waals surface area contributed by atoms with Crippen molar-refractivity contribution >= 4 is 34.7 Å². The number of benzene rings is 2. The Hall–Kier alpha value is -4.08. The molecule has 4 aliphatic carbocycles. The van der Waals surface area contributed by atoms with Crippen molar-refractivity contribution in [2.45, 2.75) is 84.3 Å². The fourth-order valence-electron chi connectivity index (χ4n) is 9.35. The number of azo groups is 1. The maximum absolute atomic E-state index is 13.6. The van der Waals surface area contributed by atoms with Gasteiger partial charge in [0, 0.05) is 28.7 Å². The number of carbonyl (C=O) groups excluding carboxylic acids is 4. The Bertz CT molecular complexity index is 1760. The molecule has 9 nitrogen and oxygen atoms in total. The van der Waals surface area contributed by atoms with Crippen molar-refractivity contribution in [3.05, 3.63) is 83.0 Å². The average Bonchev–Trinajstić information content (AvgIpc) is 3.33. The molecule has 7 unspecified atom stereocenters. The molecule has 0 radical (unpaired) electrons. The van der Waals surface area contributed by atoms with Crippen molar-refractivity contribution in [3.63, 3.8) is 0 Å². The van der Waals surface area contributed by atoms with Gasteiger partial charge in [-0.3, -0.25) is 19.2 Å². The van der Waals surface area contributed by atoms with Gasteiger partial charge in [0.2, 0.25) is 5.78 Å². The van der Waals surface area contributed by atoms with Crippen molar-refractivity contribution in [3.8, 4) is 0 Å². The second-order valence-electron chi connectivity index (χ2n) is 14.6. The van der Waals surface area contributed by atoms with Gasteiger partial charge in [-0.05, 0) is 106 Å². The number of hydrogen-bond acceptors (Lipinski definition) is 9. The molecule has 3 fully saturated rings. The highest BCUT2D eigenvalue weighted by Crippen LogP contribution is 2.67. The monoisotopic (exact) mass is 652 g/mol. The molecule has 2 aromatic rings. The van der Waals surface area contributed by atoms with E-state index in [-0.39, 0.29) is 48.6 Å². The first kappa shape index (κ1) is 33.8. The summed E-state index contributed by atoms with van der Waals surface area (Å²) in [7, 11) is 0. The highest BCUT2D eigenvalue weighted by Gasteiger charge is 2.68. The molecule has 0 aromatic heterocycles. The number of esters is 1. The lowest BCUT2D eigenvalue weighted by atomic mass is 9.46. The molecule has 7 atom stereocenters. The lowest BCUT2D eigenvalue weighted by Crippen LogP contribution is -2.61. The van der Waals surface area contributed by atoms with Crippen LogP contribution in [-0.4, -0.2) is 51.8 Å². The third-order valence-electron chi connectivity index (χ3n) is 11.9. The lowest BCUT2D eigenvalue weighted by Gasteiger charge is -2.59. The molecule has 0 amide bonds. The van der Waals surface area contributed by atoms with Crippen LogP contribution < -0.4 is 0 Å². The molecule has 252 valence electrons. The maximum atomic E-state index is 13.6. The quantitative estimate of drug-likeness (QED) is 0.175. The van der Waals surface area contributed by atoms with Crippen LogP contribution in [0.25, 0.3) is 0 Å². The Kier molecular flexibility index (Phi) is 8.98. The number of hydrogen-bond donors (Lipinski definition) is 2. The molecule has 9 heteroatoms. The van der Waals surface area contributed by atoms with E-state index in [4.69, 9.17) is 4.74 Å². The second-order valence-corrected chi connectivity index (χ2v) is 14.6. The van der Waals surface area contributed by atoms with Gasteiger partial charge in [-0.2, -0.15) is 10.2 Å². The molecule has 48 heavy (non-hydrogen) atoms. The van der Waals surface area contributed by atoms with Crippen molar-refractivity contribution in [1.82, 2.24) is 0 Å². The molecule has 4 aliphatic rings. The molecule has 0 aliphatic heterocycles. The number of aliphatic hydroxyl groups excluding tert-OH is 1. The van der Waals surface area contributed by atoms with Crippen LogP contribution in [0.5, 0.6) is 0 Å². The first-order valence-electron chi connectivity index (χ1n) is 16.9. The standard InChI is InChI=1S/C39H44N2O7/c1-23-9-12-27(20-30(23)24(2)42)40-41-32-8-6-5-7-25(32)10-14-35(46)48-22-34(45)39(47)18-16-31-29-13-11-26-19-28(43)15-17-37(26,3)36(29)33(44)21-38(31,39)4/h5-9,12,15,17,19-20,29,31,33,36,44,47H,10-11,13-14,16,18,21-22H2,1-4H3. The highest BCUT2D eigenvalue weighted by molar-refractivity contribution is 6.01. The molecule has 0 spiro atoms. The summed E-state index contributed by atoms with van der Waals surface area (Å²) in [4.78, 5) is 50.5. The Balaban J connectivity index is 1.08. The fourth-order valence-corrected chi connectivity index (χ4v) is 9.35. The molecule has 2 aromatic carbocycles. The third kappa shape index (κ3) is 5.81. The van der Waals surface area contributed by atoms with Crippen molar-refractivity contribution in [2.24, 2.45) is 38.8 Å². The van der Waals surface area contributed by atoms with E-state index in [1.165, 1.54) is 6.92 Å². The number of Topliss-reactive ketones (excluding diaryl/α,β-unsaturated/α-hetero) is 2. The van der Waals surface area contributed by atoms with Gasteiger partial charge >= 0.3 is 5.97 Å². The van der Waals surface area contributed by atoms with E-state index >= 15 is 0 Å². The van der Waals surface area contributed by atoms with Gasteiger partial charge < -0.3 is 14.9 Å². The number of nitrogens with zero attached hydrogens (tertiary/aromatic N) is 2. The number of aliphatic hydroxyl groups is 2. The molecular weight excluding hydrogens is 608 g/mol. The van der Waals surface area contributed by atoms with Crippen molar-refractivity contribution < 1.29 is 34.1 Å². The van der Waals surface area contributed by atoms with E-state index in [1.54, 1.807) is 30.4 Å². The van der Waals surface area contributed by atoms with Crippen LogP contribution in [0.4, 0.5) is 11.4 Å². The zero-order valence-corrected chi connectivity index (χ0v) is 28.1. The largest absolute Gasteiger partial charge is 0.458 e. The zero-order valence-electron chi connectivity index (χ0n) is 28.1. The molecule has 0 saturated heterocycles. The summed E-state index contributed by atoms with van der Waals surface area (Å²) in [5, 5.41) is 32.2. The van der Waals surface area contributed by atoms with Crippen LogP contribution in [0.1, 0.15) is 80.8 Å². The van der Waals surface area contributed by atoms with E-state index in [0.717, 1.165) is 29.5 Å². The Labute approximate surface area is 281 Å². The summed E-state index contributed by atoms with van der Waals surface area (Å²) in [6, 6.07) is 12.6. The predicted molar refractivity (Wildman–Crippen MR) is 179 cm³/mol. The maximum Gasteiger partial charge on any atom is 0.306 e. The summed E-state index contributed by atoms with van der Waals surface area (Å²) < 4.78 is 5.43. The van der Waals surface area contributed by atoms with E-state index in [1.807, 2.05) is 44.2 Å². The second kappa shape index (κ2) is 12.7. The number of aryl methyl sites for hydroxylation is 2. The van der Waals surface area contributed by atoms with E-state index in [9.17, 15) is 29.4 Å². The Morgan fingerprint density at radius 1 is 1.06 bits per heavy atom. The zero-order chi connectivity index (χ0) is 34.4. The molecule has 0 heterocycles. The van der Waals surface area contributed by atoms with Gasteiger partial charge in [0.1, 0.15) is 5.60 Å². The number of ether oxygens (including phenoxy) is 1. The topological polar surface area (TPSA) is 143 Å². The minimum Gasteiger partial charge on any atom is -0.458 e. The minimum absolute atomic E-state index is 0.00404. The number of ketones is 3. The first-order chi connectivity index (χ1) is 22.8. The summed E-state index contributed by atoms with van der Waals surface area (Å²) in [6.07, 6.45) is 7.47. The summed E-state index contributed by atoms with van der Waals surface area (Å²) in [6.45, 7) is 6.83. The molecule has 6 rings (SSSR count). The summed E-state index contributed by atoms with van der Waals surface area (Å²) >= 11 is 0. The predicted octanol–water partition coefficient (Wildman–Crippen LogP) is 6.67. The van der Waals surface area contributed by atoms with E-state index in [2.05, 4.69) is 17.2 Å². The van der Waals surface area contributed by atoms with Crippen LogP contribution in [-0.2, 0) is 25.5 Å².